The van der Waals surface area contributed by atoms with E-state index < -0.39 is 15.5 Å². The third kappa shape index (κ3) is 9.40. The highest BCUT2D eigenvalue weighted by molar-refractivity contribution is 6.36. The topological polar surface area (TPSA) is 65.0 Å². The fraction of sp³-hybridized carbons (Fsp3) is 0.625. The van der Waals surface area contributed by atoms with Gasteiger partial charge < -0.3 is 18.4 Å². The quantitative estimate of drug-likeness (QED) is 0.547. The maximum absolute atomic E-state index is 9.83. The number of carbonyl (C=O) groups is 1. The van der Waals surface area contributed by atoms with Crippen LogP contribution in [0.15, 0.2) is 12.2 Å². The van der Waals surface area contributed by atoms with Crippen LogP contribution in [-0.2, 0) is 18.1 Å². The van der Waals surface area contributed by atoms with Crippen molar-refractivity contribution in [1.82, 2.24) is 0 Å². The van der Waals surface area contributed by atoms with Crippen molar-refractivity contribution in [3.63, 3.8) is 0 Å². The van der Waals surface area contributed by atoms with E-state index in [0.29, 0.717) is 6.42 Å². The molecule has 0 spiro atoms. The largest absolute Gasteiger partial charge is 0.483 e. The molecule has 0 rings (SSSR count). The summed E-state index contributed by atoms with van der Waals surface area (Å²) in [6.45, 7) is 5.03. The molecule has 0 bridgehead atoms. The van der Waals surface area contributed by atoms with E-state index in [4.69, 9.17) is 18.4 Å². The normalized spacial score (nSPS) is 9.21. The highest BCUT2D eigenvalue weighted by Crippen LogP contribution is 1.93. The first-order chi connectivity index (χ1) is 6.53. The van der Waals surface area contributed by atoms with Crippen molar-refractivity contribution < 1.29 is 23.2 Å². The summed E-state index contributed by atoms with van der Waals surface area (Å²) in [4.78, 5) is 9.83. The van der Waals surface area contributed by atoms with Gasteiger partial charge in [0.1, 0.15) is 0 Å². The van der Waals surface area contributed by atoms with Crippen LogP contribution in [0, 0.1) is 0 Å². The zero-order valence-electron chi connectivity index (χ0n) is 9.07. The van der Waals surface area contributed by atoms with E-state index in [1.807, 2.05) is 0 Å². The molecule has 0 aromatic rings. The lowest BCUT2D eigenvalue weighted by Crippen LogP contribution is -2.21. The van der Waals surface area contributed by atoms with Crippen LogP contribution in [0.4, 0.5) is 0 Å². The fourth-order valence-electron chi connectivity index (χ4n) is 0.440. The van der Waals surface area contributed by atoms with Gasteiger partial charge in [0.05, 0.1) is 0 Å². The summed E-state index contributed by atoms with van der Waals surface area (Å²) in [5.74, 6) is -0.900. The molecule has 0 aliphatic rings. The van der Waals surface area contributed by atoms with Crippen LogP contribution in [-0.4, -0.2) is 41.9 Å². The predicted octanol–water partition coefficient (Wildman–Crippen LogP) is 0.680. The Morgan fingerprint density at radius 1 is 1.29 bits per heavy atom. The second-order valence-electron chi connectivity index (χ2n) is 2.26. The Morgan fingerprint density at radius 2 is 1.64 bits per heavy atom. The Morgan fingerprint density at radius 3 is 1.64 bits per heavy atom. The van der Waals surface area contributed by atoms with Gasteiger partial charge in [-0.25, -0.2) is 4.79 Å². The first-order valence-electron chi connectivity index (χ1n) is 4.02. The van der Waals surface area contributed by atoms with Gasteiger partial charge in [-0.05, 0) is 6.42 Å². The van der Waals surface area contributed by atoms with Gasteiger partial charge in [-0.3, -0.25) is 0 Å². The molecule has 0 aromatic carbocycles. The second-order valence-corrected chi connectivity index (χ2v) is 4.25. The van der Waals surface area contributed by atoms with E-state index in [2.05, 4.69) is 6.58 Å². The number of hydrogen-bond donors (Lipinski definition) is 1. The average Bonchev–Trinajstić information content (AvgIpc) is 2.20. The molecule has 0 aliphatic carbocycles. The molecular formula is C8H18O5Si. The van der Waals surface area contributed by atoms with Gasteiger partial charge in [-0.15, -0.1) is 0 Å². The minimum absolute atomic E-state index is 0.264. The van der Waals surface area contributed by atoms with Gasteiger partial charge in [0, 0.05) is 26.9 Å². The molecular weight excluding hydrogens is 204 g/mol. The van der Waals surface area contributed by atoms with E-state index in [-0.39, 0.29) is 5.57 Å². The molecule has 0 heterocycles. The summed E-state index contributed by atoms with van der Waals surface area (Å²) < 4.78 is 14.2. The molecule has 14 heavy (non-hydrogen) atoms. The summed E-state index contributed by atoms with van der Waals surface area (Å²) in [6.07, 6.45) is 0.523. The Bertz CT molecular complexity index is 162. The maximum Gasteiger partial charge on any atom is 0.483 e. The molecule has 0 fully saturated rings. The molecule has 0 atom stereocenters. The van der Waals surface area contributed by atoms with Crippen LogP contribution in [0.5, 0.6) is 0 Å². The van der Waals surface area contributed by atoms with Gasteiger partial charge in [-0.2, -0.15) is 0 Å². The summed E-state index contributed by atoms with van der Waals surface area (Å²) in [5.41, 5.74) is 0.264. The lowest BCUT2D eigenvalue weighted by molar-refractivity contribution is -0.132. The molecule has 6 heteroatoms. The molecule has 1 N–H and O–H groups in total. The minimum Gasteiger partial charge on any atom is -0.478 e. The van der Waals surface area contributed by atoms with Crippen LogP contribution in [0.25, 0.3) is 0 Å². The molecule has 0 unspecified atom stereocenters. The maximum atomic E-state index is 9.83. The van der Waals surface area contributed by atoms with E-state index in [1.165, 1.54) is 0 Å². The molecule has 0 aliphatic heterocycles. The standard InChI is InChI=1S/C5H8O2.C3H10O3Si/c1-3-4(2)5(6)7;1-4-7(5-2)6-3/h2-3H2,1H3,(H,6,7);7H,1-3H3. The summed E-state index contributed by atoms with van der Waals surface area (Å²) in [7, 11) is 3.05. The van der Waals surface area contributed by atoms with Gasteiger partial charge in [0.2, 0.25) is 0 Å². The SMILES string of the molecule is C=C(CC)C(=O)O.CO[SiH](OC)OC. The van der Waals surface area contributed by atoms with Crippen LogP contribution in [0.2, 0.25) is 0 Å². The van der Waals surface area contributed by atoms with Gasteiger partial charge in [0.25, 0.3) is 0 Å². The van der Waals surface area contributed by atoms with Gasteiger partial charge in [0.15, 0.2) is 0 Å². The Hall–Kier alpha value is -0.693. The summed E-state index contributed by atoms with van der Waals surface area (Å²) in [6, 6.07) is 0. The van der Waals surface area contributed by atoms with E-state index >= 15 is 0 Å². The number of carboxylic acid groups (broad SMARTS) is 1. The highest BCUT2D eigenvalue weighted by atomic mass is 28.3. The van der Waals surface area contributed by atoms with Crippen molar-refractivity contribution in [2.45, 2.75) is 13.3 Å². The Balaban J connectivity index is 0. The van der Waals surface area contributed by atoms with Crippen molar-refractivity contribution in [1.29, 1.82) is 0 Å². The van der Waals surface area contributed by atoms with Crippen LogP contribution < -0.4 is 0 Å². The van der Waals surface area contributed by atoms with Crippen molar-refractivity contribution >= 4 is 15.5 Å². The van der Waals surface area contributed by atoms with Crippen molar-refractivity contribution in [2.24, 2.45) is 0 Å². The highest BCUT2D eigenvalue weighted by Gasteiger charge is 2.04. The number of rotatable bonds is 5. The average molecular weight is 222 g/mol. The van der Waals surface area contributed by atoms with E-state index in [9.17, 15) is 4.79 Å². The summed E-state index contributed by atoms with van der Waals surface area (Å²) >= 11 is 0. The van der Waals surface area contributed by atoms with Crippen LogP contribution >= 0.6 is 0 Å². The monoisotopic (exact) mass is 222 g/mol. The molecule has 0 aromatic heterocycles. The third-order valence-corrected chi connectivity index (χ3v) is 2.46. The van der Waals surface area contributed by atoms with Crippen LogP contribution in [0.1, 0.15) is 13.3 Å². The third-order valence-electron chi connectivity index (χ3n) is 1.31. The second kappa shape index (κ2) is 10.4. The Labute approximate surface area is 86.3 Å². The van der Waals surface area contributed by atoms with Crippen molar-refractivity contribution in [3.8, 4) is 0 Å². The predicted molar refractivity (Wildman–Crippen MR) is 55.2 cm³/mol. The zero-order chi connectivity index (χ0) is 11.6. The fourth-order valence-corrected chi connectivity index (χ4v) is 1.02. The van der Waals surface area contributed by atoms with Crippen molar-refractivity contribution in [3.05, 3.63) is 12.2 Å². The first kappa shape index (κ1) is 15.8. The lowest BCUT2D eigenvalue weighted by atomic mass is 10.2. The van der Waals surface area contributed by atoms with Crippen molar-refractivity contribution in [2.75, 3.05) is 21.3 Å². The molecule has 0 radical (unpaired) electrons. The minimum atomic E-state index is -1.67. The first-order valence-corrected chi connectivity index (χ1v) is 5.44. The van der Waals surface area contributed by atoms with E-state index in [1.54, 1.807) is 28.3 Å². The molecule has 0 saturated heterocycles. The number of aliphatic carboxylic acids is 1. The summed E-state index contributed by atoms with van der Waals surface area (Å²) in [5, 5.41) is 8.08. The van der Waals surface area contributed by atoms with Gasteiger partial charge >= 0.3 is 15.5 Å². The zero-order valence-corrected chi connectivity index (χ0v) is 10.2. The van der Waals surface area contributed by atoms with Crippen LogP contribution in [0.3, 0.4) is 0 Å². The Kier molecular flexibility index (Phi) is 11.7. The smallest absolute Gasteiger partial charge is 0.478 e. The molecule has 0 saturated carbocycles. The molecule has 84 valence electrons. The lowest BCUT2D eigenvalue weighted by Gasteiger charge is -2.05. The van der Waals surface area contributed by atoms with Gasteiger partial charge in [-0.1, -0.05) is 13.5 Å². The molecule has 5 nitrogen and oxygen atoms in total. The van der Waals surface area contributed by atoms with E-state index in [0.717, 1.165) is 0 Å². The number of carboxylic acids is 1. The molecule has 0 amide bonds. The number of hydrogen-bond acceptors (Lipinski definition) is 4.